The highest BCUT2D eigenvalue weighted by molar-refractivity contribution is 5.80. The molecule has 10 nitrogen and oxygen atoms in total. The number of aromatic nitrogens is 2. The number of aliphatic carboxylic acids is 1. The molecule has 25 heavy (non-hydrogen) atoms. The Morgan fingerprint density at radius 2 is 1.96 bits per heavy atom. The van der Waals surface area contributed by atoms with Crippen molar-refractivity contribution in [3.05, 3.63) is 32.6 Å². The van der Waals surface area contributed by atoms with Gasteiger partial charge in [0.25, 0.3) is 5.56 Å². The van der Waals surface area contributed by atoms with Crippen LogP contribution >= 0.6 is 0 Å². The first-order valence-electron chi connectivity index (χ1n) is 7.87. The zero-order valence-electron chi connectivity index (χ0n) is 13.6. The van der Waals surface area contributed by atoms with Crippen molar-refractivity contribution in [1.82, 2.24) is 14.9 Å². The van der Waals surface area contributed by atoms with Crippen molar-refractivity contribution in [3.8, 4) is 0 Å². The van der Waals surface area contributed by atoms with E-state index in [1.54, 1.807) is 0 Å². The zero-order chi connectivity index (χ0) is 18.7. The Hall–Kier alpha value is -2.46. The third kappa shape index (κ3) is 4.34. The van der Waals surface area contributed by atoms with E-state index in [0.29, 0.717) is 5.56 Å². The number of amides is 1. The SMILES string of the molecule is Cc1cn([C@H]2C[C@H](CNC(=O)CCC(=O)O)[C@H](O)[C@H]2O)c(=O)[nH]c1=O. The van der Waals surface area contributed by atoms with Gasteiger partial charge in [-0.2, -0.15) is 0 Å². The first-order chi connectivity index (χ1) is 11.7. The molecule has 1 amide bonds. The van der Waals surface area contributed by atoms with E-state index < -0.39 is 47.3 Å². The number of aromatic amines is 1. The summed E-state index contributed by atoms with van der Waals surface area (Å²) < 4.78 is 1.18. The molecule has 2 rings (SSSR count). The molecule has 0 bridgehead atoms. The lowest BCUT2D eigenvalue weighted by atomic mass is 10.1. The lowest BCUT2D eigenvalue weighted by Crippen LogP contribution is -2.38. The van der Waals surface area contributed by atoms with Crippen LogP contribution in [-0.4, -0.2) is 55.5 Å². The molecule has 0 spiro atoms. The molecule has 4 atom stereocenters. The summed E-state index contributed by atoms with van der Waals surface area (Å²) in [5.74, 6) is -2.06. The standard InChI is InChI=1S/C15H21N3O7/c1-7-6-18(15(25)17-14(7)24)9-4-8(12(22)13(9)23)5-16-10(19)2-3-11(20)21/h6,8-9,12-13,22-23H,2-5H2,1H3,(H,16,19)(H,20,21)(H,17,24,25)/t8-,9+,12+,13+/m1/s1. The quantitative estimate of drug-likeness (QED) is 0.398. The van der Waals surface area contributed by atoms with Gasteiger partial charge in [0.1, 0.15) is 6.10 Å². The predicted molar refractivity (Wildman–Crippen MR) is 85.1 cm³/mol. The van der Waals surface area contributed by atoms with E-state index in [1.807, 2.05) is 0 Å². The molecule has 1 fully saturated rings. The maximum absolute atomic E-state index is 11.9. The van der Waals surface area contributed by atoms with Crippen LogP contribution in [0.5, 0.6) is 0 Å². The van der Waals surface area contributed by atoms with Crippen molar-refractivity contribution in [1.29, 1.82) is 0 Å². The van der Waals surface area contributed by atoms with Gasteiger partial charge >= 0.3 is 11.7 Å². The van der Waals surface area contributed by atoms with Crippen LogP contribution in [0.1, 0.15) is 30.9 Å². The average Bonchev–Trinajstić information content (AvgIpc) is 2.82. The predicted octanol–water partition coefficient (Wildman–Crippen LogP) is -1.89. The maximum Gasteiger partial charge on any atom is 0.328 e. The number of carbonyl (C=O) groups is 2. The largest absolute Gasteiger partial charge is 0.481 e. The minimum atomic E-state index is -1.23. The van der Waals surface area contributed by atoms with Crippen LogP contribution in [0.25, 0.3) is 0 Å². The van der Waals surface area contributed by atoms with E-state index >= 15 is 0 Å². The average molecular weight is 355 g/mol. The number of aliphatic hydroxyl groups excluding tert-OH is 2. The van der Waals surface area contributed by atoms with Gasteiger partial charge in [0.15, 0.2) is 0 Å². The van der Waals surface area contributed by atoms with Gasteiger partial charge in [0.2, 0.25) is 5.91 Å². The maximum atomic E-state index is 11.9. The second-order valence-corrected chi connectivity index (χ2v) is 6.22. The number of rotatable bonds is 6. The van der Waals surface area contributed by atoms with Gasteiger partial charge in [0, 0.05) is 30.6 Å². The lowest BCUT2D eigenvalue weighted by Gasteiger charge is -2.19. The van der Waals surface area contributed by atoms with Crippen LogP contribution in [-0.2, 0) is 9.59 Å². The molecule has 1 aromatic rings. The molecule has 0 unspecified atom stereocenters. The first-order valence-corrected chi connectivity index (χ1v) is 7.87. The Bertz CT molecular complexity index is 769. The fourth-order valence-corrected chi connectivity index (χ4v) is 2.96. The third-order valence-corrected chi connectivity index (χ3v) is 4.40. The van der Waals surface area contributed by atoms with Crippen LogP contribution in [0.2, 0.25) is 0 Å². The number of aliphatic hydroxyl groups is 2. The number of nitrogens with zero attached hydrogens (tertiary/aromatic N) is 1. The van der Waals surface area contributed by atoms with E-state index in [2.05, 4.69) is 10.3 Å². The summed E-state index contributed by atoms with van der Waals surface area (Å²) in [6.07, 6.45) is -1.32. The van der Waals surface area contributed by atoms with Gasteiger partial charge in [-0.05, 0) is 13.3 Å². The highest BCUT2D eigenvalue weighted by Gasteiger charge is 2.42. The number of carboxylic acid groups (broad SMARTS) is 1. The van der Waals surface area contributed by atoms with Crippen LogP contribution in [0.15, 0.2) is 15.8 Å². The Kier molecular flexibility index (Phi) is 5.75. The van der Waals surface area contributed by atoms with Gasteiger partial charge in [-0.1, -0.05) is 0 Å². The molecule has 138 valence electrons. The van der Waals surface area contributed by atoms with Gasteiger partial charge in [-0.25, -0.2) is 4.79 Å². The number of carbonyl (C=O) groups excluding carboxylic acids is 1. The van der Waals surface area contributed by atoms with Crippen LogP contribution < -0.4 is 16.6 Å². The molecule has 1 aliphatic rings. The number of nitrogens with one attached hydrogen (secondary N) is 2. The van der Waals surface area contributed by atoms with E-state index in [9.17, 15) is 29.4 Å². The van der Waals surface area contributed by atoms with Crippen molar-refractivity contribution >= 4 is 11.9 Å². The molecule has 5 N–H and O–H groups in total. The van der Waals surface area contributed by atoms with Crippen LogP contribution in [0.4, 0.5) is 0 Å². The molecular formula is C15H21N3O7. The summed E-state index contributed by atoms with van der Waals surface area (Å²) in [4.78, 5) is 47.5. The van der Waals surface area contributed by atoms with E-state index in [4.69, 9.17) is 5.11 Å². The van der Waals surface area contributed by atoms with Crippen LogP contribution in [0.3, 0.4) is 0 Å². The third-order valence-electron chi connectivity index (χ3n) is 4.40. The van der Waals surface area contributed by atoms with Crippen molar-refractivity contribution in [2.45, 2.75) is 44.4 Å². The fraction of sp³-hybridized carbons (Fsp3) is 0.600. The van der Waals surface area contributed by atoms with Crippen molar-refractivity contribution in [3.63, 3.8) is 0 Å². The Morgan fingerprint density at radius 3 is 2.60 bits per heavy atom. The topological polar surface area (TPSA) is 162 Å². The second-order valence-electron chi connectivity index (χ2n) is 6.22. The molecule has 0 radical (unpaired) electrons. The molecule has 1 aromatic heterocycles. The lowest BCUT2D eigenvalue weighted by molar-refractivity contribution is -0.138. The molecule has 1 saturated carbocycles. The molecule has 0 saturated heterocycles. The highest BCUT2D eigenvalue weighted by atomic mass is 16.4. The number of H-pyrrole nitrogens is 1. The Labute approximate surface area is 142 Å². The van der Waals surface area contributed by atoms with Crippen LogP contribution in [0, 0.1) is 12.8 Å². The van der Waals surface area contributed by atoms with E-state index in [1.165, 1.54) is 17.7 Å². The minimum Gasteiger partial charge on any atom is -0.481 e. The van der Waals surface area contributed by atoms with Crippen molar-refractivity contribution < 1.29 is 24.9 Å². The second kappa shape index (κ2) is 7.62. The summed E-state index contributed by atoms with van der Waals surface area (Å²) in [7, 11) is 0. The molecule has 0 aliphatic heterocycles. The number of aryl methyl sites for hydroxylation is 1. The van der Waals surface area contributed by atoms with Gasteiger partial charge < -0.3 is 20.6 Å². The number of hydrogen-bond donors (Lipinski definition) is 5. The van der Waals surface area contributed by atoms with E-state index in [0.717, 1.165) is 0 Å². The summed E-state index contributed by atoms with van der Waals surface area (Å²) in [6.45, 7) is 1.57. The Morgan fingerprint density at radius 1 is 1.28 bits per heavy atom. The fourth-order valence-electron chi connectivity index (χ4n) is 2.96. The summed E-state index contributed by atoms with van der Waals surface area (Å²) >= 11 is 0. The number of carboxylic acids is 1. The monoisotopic (exact) mass is 355 g/mol. The molecule has 10 heteroatoms. The molecule has 0 aromatic carbocycles. The van der Waals surface area contributed by atoms with Gasteiger partial charge in [-0.3, -0.25) is 23.9 Å². The summed E-state index contributed by atoms with van der Waals surface area (Å²) in [5.41, 5.74) is -0.902. The Balaban J connectivity index is 2.05. The van der Waals surface area contributed by atoms with Crippen molar-refractivity contribution in [2.75, 3.05) is 6.54 Å². The summed E-state index contributed by atoms with van der Waals surface area (Å²) in [6, 6.07) is -0.737. The van der Waals surface area contributed by atoms with Gasteiger partial charge in [0.05, 0.1) is 18.6 Å². The normalized spacial score (nSPS) is 25.7. The number of hydrogen-bond acceptors (Lipinski definition) is 6. The molecule has 1 aliphatic carbocycles. The first kappa shape index (κ1) is 18.9. The van der Waals surface area contributed by atoms with E-state index in [-0.39, 0.29) is 25.8 Å². The smallest absolute Gasteiger partial charge is 0.328 e. The van der Waals surface area contributed by atoms with Gasteiger partial charge in [-0.15, -0.1) is 0 Å². The van der Waals surface area contributed by atoms with Crippen molar-refractivity contribution in [2.24, 2.45) is 5.92 Å². The zero-order valence-corrected chi connectivity index (χ0v) is 13.6. The highest BCUT2D eigenvalue weighted by Crippen LogP contribution is 2.34. The minimum absolute atomic E-state index is 0.0459. The molecule has 1 heterocycles. The molecular weight excluding hydrogens is 334 g/mol. The summed E-state index contributed by atoms with van der Waals surface area (Å²) in [5, 5.41) is 31.4.